The Labute approximate surface area is 108 Å². The fraction of sp³-hybridized carbons (Fsp3) is 0.571. The van der Waals surface area contributed by atoms with E-state index in [-0.39, 0.29) is 17.9 Å². The molecule has 0 radical (unpaired) electrons. The van der Waals surface area contributed by atoms with Crippen LogP contribution in [0.1, 0.15) is 31.9 Å². The first-order valence-corrected chi connectivity index (χ1v) is 6.59. The minimum Gasteiger partial charge on any atom is -0.349 e. The van der Waals surface area contributed by atoms with Gasteiger partial charge in [0.05, 0.1) is 6.04 Å². The molecule has 0 bridgehead atoms. The van der Waals surface area contributed by atoms with Crippen LogP contribution >= 0.6 is 0 Å². The van der Waals surface area contributed by atoms with Gasteiger partial charge in [0.25, 0.3) is 0 Å². The van der Waals surface area contributed by atoms with Crippen molar-refractivity contribution in [3.8, 4) is 0 Å². The number of hydrogen-bond donors (Lipinski definition) is 2. The molecule has 18 heavy (non-hydrogen) atoms. The largest absolute Gasteiger partial charge is 0.349 e. The van der Waals surface area contributed by atoms with Crippen molar-refractivity contribution in [1.29, 1.82) is 0 Å². The van der Waals surface area contributed by atoms with Crippen LogP contribution in [-0.2, 0) is 4.79 Å². The number of carbonyl (C=O) groups is 1. The zero-order valence-electron chi connectivity index (χ0n) is 11.0. The Morgan fingerprint density at radius 1 is 1.61 bits per heavy atom. The third-order valence-corrected chi connectivity index (χ3v) is 3.67. The van der Waals surface area contributed by atoms with E-state index < -0.39 is 0 Å². The molecule has 2 rings (SSSR count). The number of piperidine rings is 1. The molecule has 4 heteroatoms. The fourth-order valence-corrected chi connectivity index (χ4v) is 2.44. The minimum absolute atomic E-state index is 0.0216. The van der Waals surface area contributed by atoms with Crippen LogP contribution < -0.4 is 10.6 Å². The van der Waals surface area contributed by atoms with E-state index >= 15 is 0 Å². The molecule has 2 heterocycles. The third kappa shape index (κ3) is 3.07. The molecule has 1 aliphatic rings. The molecular formula is C14H21N3O. The molecule has 1 fully saturated rings. The Morgan fingerprint density at radius 2 is 2.44 bits per heavy atom. The Bertz CT molecular complexity index is 393. The van der Waals surface area contributed by atoms with Gasteiger partial charge in [-0.1, -0.05) is 13.0 Å². The number of rotatable bonds is 3. The highest BCUT2D eigenvalue weighted by Crippen LogP contribution is 2.20. The van der Waals surface area contributed by atoms with Gasteiger partial charge >= 0.3 is 0 Å². The van der Waals surface area contributed by atoms with Crippen molar-refractivity contribution < 1.29 is 4.79 Å². The normalized spacial score (nSPS) is 25.4. The molecular weight excluding hydrogens is 226 g/mol. The maximum absolute atomic E-state index is 12.2. The van der Waals surface area contributed by atoms with Crippen LogP contribution in [0, 0.1) is 11.8 Å². The van der Waals surface area contributed by atoms with Crippen molar-refractivity contribution in [2.45, 2.75) is 26.3 Å². The topological polar surface area (TPSA) is 54.0 Å². The van der Waals surface area contributed by atoms with Crippen molar-refractivity contribution in [3.63, 3.8) is 0 Å². The van der Waals surface area contributed by atoms with Crippen molar-refractivity contribution in [2.24, 2.45) is 11.8 Å². The quantitative estimate of drug-likeness (QED) is 0.851. The van der Waals surface area contributed by atoms with E-state index in [1.807, 2.05) is 19.1 Å². The van der Waals surface area contributed by atoms with E-state index in [2.05, 4.69) is 22.5 Å². The summed E-state index contributed by atoms with van der Waals surface area (Å²) in [6.45, 7) is 5.99. The lowest BCUT2D eigenvalue weighted by atomic mass is 9.87. The standard InChI is InChI=1S/C14H21N3O/c1-10-8-16-7-5-13(10)14(18)17-11(2)12-4-3-6-15-9-12/h3-4,6,9-11,13,16H,5,7-8H2,1-2H3,(H,17,18)/t10?,11-,13?/m0/s1. The number of aromatic nitrogens is 1. The van der Waals surface area contributed by atoms with E-state index in [0.29, 0.717) is 5.92 Å². The zero-order valence-corrected chi connectivity index (χ0v) is 11.0. The van der Waals surface area contributed by atoms with Gasteiger partial charge in [-0.05, 0) is 44.0 Å². The van der Waals surface area contributed by atoms with Crippen LogP contribution in [0.3, 0.4) is 0 Å². The van der Waals surface area contributed by atoms with Crippen LogP contribution in [0.15, 0.2) is 24.5 Å². The summed E-state index contributed by atoms with van der Waals surface area (Å²) in [6, 6.07) is 3.91. The van der Waals surface area contributed by atoms with Gasteiger partial charge in [0.15, 0.2) is 0 Å². The molecule has 1 aromatic heterocycles. The highest BCUT2D eigenvalue weighted by atomic mass is 16.2. The highest BCUT2D eigenvalue weighted by molar-refractivity contribution is 5.79. The molecule has 0 saturated carbocycles. The Balaban J connectivity index is 1.94. The Kier molecular flexibility index (Phi) is 4.31. The van der Waals surface area contributed by atoms with Crippen LogP contribution in [0.4, 0.5) is 0 Å². The second kappa shape index (κ2) is 5.96. The molecule has 3 atom stereocenters. The molecule has 1 aromatic rings. The smallest absolute Gasteiger partial charge is 0.223 e. The molecule has 1 aliphatic heterocycles. The van der Waals surface area contributed by atoms with Crippen LogP contribution in [0.25, 0.3) is 0 Å². The van der Waals surface area contributed by atoms with E-state index in [1.165, 1.54) is 0 Å². The summed E-state index contributed by atoms with van der Waals surface area (Å²) in [4.78, 5) is 16.3. The lowest BCUT2D eigenvalue weighted by Gasteiger charge is -2.29. The summed E-state index contributed by atoms with van der Waals surface area (Å²) < 4.78 is 0. The first-order chi connectivity index (χ1) is 8.68. The lowest BCUT2D eigenvalue weighted by Crippen LogP contribution is -2.44. The molecule has 0 aromatic carbocycles. The van der Waals surface area contributed by atoms with Gasteiger partial charge in [-0.3, -0.25) is 9.78 Å². The molecule has 4 nitrogen and oxygen atoms in total. The third-order valence-electron chi connectivity index (χ3n) is 3.67. The number of pyridine rings is 1. The van der Waals surface area contributed by atoms with Gasteiger partial charge in [-0.2, -0.15) is 0 Å². The molecule has 1 amide bonds. The minimum atomic E-state index is 0.0216. The maximum atomic E-state index is 12.2. The predicted molar refractivity (Wildman–Crippen MR) is 70.9 cm³/mol. The van der Waals surface area contributed by atoms with Gasteiger partial charge in [0.2, 0.25) is 5.91 Å². The first kappa shape index (κ1) is 13.0. The Hall–Kier alpha value is -1.42. The summed E-state index contributed by atoms with van der Waals surface area (Å²) in [5, 5.41) is 6.40. The van der Waals surface area contributed by atoms with Crippen molar-refractivity contribution >= 4 is 5.91 Å². The number of nitrogens with zero attached hydrogens (tertiary/aromatic N) is 1. The summed E-state index contributed by atoms with van der Waals surface area (Å²) >= 11 is 0. The van der Waals surface area contributed by atoms with Crippen LogP contribution in [0.5, 0.6) is 0 Å². The van der Waals surface area contributed by atoms with Crippen molar-refractivity contribution in [1.82, 2.24) is 15.6 Å². The second-order valence-electron chi connectivity index (χ2n) is 5.09. The number of hydrogen-bond acceptors (Lipinski definition) is 3. The SMILES string of the molecule is CC1CNCCC1C(=O)N[C@@H](C)c1cccnc1. The average molecular weight is 247 g/mol. The zero-order chi connectivity index (χ0) is 13.0. The van der Waals surface area contributed by atoms with Gasteiger partial charge in [-0.25, -0.2) is 0 Å². The monoisotopic (exact) mass is 247 g/mol. The molecule has 2 unspecified atom stereocenters. The summed E-state index contributed by atoms with van der Waals surface area (Å²) in [6.07, 6.45) is 4.47. The van der Waals surface area contributed by atoms with Crippen molar-refractivity contribution in [3.05, 3.63) is 30.1 Å². The van der Waals surface area contributed by atoms with E-state index in [0.717, 1.165) is 25.1 Å². The molecule has 1 saturated heterocycles. The van der Waals surface area contributed by atoms with Gasteiger partial charge in [0.1, 0.15) is 0 Å². The van der Waals surface area contributed by atoms with Gasteiger partial charge in [0, 0.05) is 18.3 Å². The van der Waals surface area contributed by atoms with Crippen LogP contribution in [-0.4, -0.2) is 24.0 Å². The fourth-order valence-electron chi connectivity index (χ4n) is 2.44. The summed E-state index contributed by atoms with van der Waals surface area (Å²) in [5.74, 6) is 0.700. The predicted octanol–water partition coefficient (Wildman–Crippen LogP) is 1.50. The molecule has 98 valence electrons. The van der Waals surface area contributed by atoms with E-state index in [1.54, 1.807) is 12.4 Å². The van der Waals surface area contributed by atoms with Crippen LogP contribution in [0.2, 0.25) is 0 Å². The number of amides is 1. The average Bonchev–Trinajstić information content (AvgIpc) is 2.40. The van der Waals surface area contributed by atoms with Gasteiger partial charge in [-0.15, -0.1) is 0 Å². The Morgan fingerprint density at radius 3 is 3.11 bits per heavy atom. The highest BCUT2D eigenvalue weighted by Gasteiger charge is 2.28. The maximum Gasteiger partial charge on any atom is 0.223 e. The molecule has 2 N–H and O–H groups in total. The molecule has 0 spiro atoms. The summed E-state index contributed by atoms with van der Waals surface area (Å²) in [5.41, 5.74) is 1.05. The summed E-state index contributed by atoms with van der Waals surface area (Å²) in [7, 11) is 0. The second-order valence-corrected chi connectivity index (χ2v) is 5.09. The number of carbonyl (C=O) groups excluding carboxylic acids is 1. The van der Waals surface area contributed by atoms with Crippen molar-refractivity contribution in [2.75, 3.05) is 13.1 Å². The number of nitrogens with one attached hydrogen (secondary N) is 2. The van der Waals surface area contributed by atoms with E-state index in [9.17, 15) is 4.79 Å². The first-order valence-electron chi connectivity index (χ1n) is 6.59. The molecule has 0 aliphatic carbocycles. The van der Waals surface area contributed by atoms with Gasteiger partial charge < -0.3 is 10.6 Å². The van der Waals surface area contributed by atoms with E-state index in [4.69, 9.17) is 0 Å². The lowest BCUT2D eigenvalue weighted by molar-refractivity contribution is -0.127.